The fourth-order valence-electron chi connectivity index (χ4n) is 4.03. The molecular formula is C21H21N3O3. The van der Waals surface area contributed by atoms with Crippen molar-refractivity contribution in [3.05, 3.63) is 59.7 Å². The van der Waals surface area contributed by atoms with Gasteiger partial charge in [-0.15, -0.1) is 0 Å². The van der Waals surface area contributed by atoms with Crippen LogP contribution < -0.4 is 10.2 Å². The van der Waals surface area contributed by atoms with Crippen LogP contribution in [0.5, 0.6) is 0 Å². The molecule has 0 bridgehead atoms. The Morgan fingerprint density at radius 1 is 1.15 bits per heavy atom. The maximum Gasteiger partial charge on any atom is 0.271 e. The quantitative estimate of drug-likeness (QED) is 0.912. The van der Waals surface area contributed by atoms with Gasteiger partial charge in [0.05, 0.1) is 11.3 Å². The second-order valence-electron chi connectivity index (χ2n) is 6.94. The molecule has 1 N–H and O–H groups in total. The van der Waals surface area contributed by atoms with Crippen LogP contribution in [-0.2, 0) is 16.0 Å². The Kier molecular flexibility index (Phi) is 3.98. The van der Waals surface area contributed by atoms with Gasteiger partial charge in [-0.2, -0.15) is 0 Å². The predicted molar refractivity (Wildman–Crippen MR) is 102 cm³/mol. The first kappa shape index (κ1) is 17.3. The van der Waals surface area contributed by atoms with Gasteiger partial charge in [0.1, 0.15) is 0 Å². The molecule has 0 saturated carbocycles. The van der Waals surface area contributed by atoms with Gasteiger partial charge in [0.2, 0.25) is 11.6 Å². The van der Waals surface area contributed by atoms with Gasteiger partial charge < -0.3 is 10.2 Å². The third-order valence-electron chi connectivity index (χ3n) is 5.50. The molecule has 138 valence electrons. The fourth-order valence-corrected chi connectivity index (χ4v) is 4.03. The molecule has 6 nitrogen and oxygen atoms in total. The van der Waals surface area contributed by atoms with Crippen LogP contribution in [0.3, 0.4) is 0 Å². The minimum Gasteiger partial charge on any atom is -0.322 e. The summed E-state index contributed by atoms with van der Waals surface area (Å²) < 4.78 is 0. The number of aryl methyl sites for hydroxylation is 1. The van der Waals surface area contributed by atoms with Crippen molar-refractivity contribution >= 4 is 29.1 Å². The summed E-state index contributed by atoms with van der Waals surface area (Å²) in [5.41, 5.74) is 1.35. The number of carbonyl (C=O) groups excluding carboxylic acids is 3. The highest BCUT2D eigenvalue weighted by Gasteiger charge is 2.59. The largest absolute Gasteiger partial charge is 0.322 e. The third-order valence-corrected chi connectivity index (χ3v) is 5.50. The Hall–Kier alpha value is -3.15. The van der Waals surface area contributed by atoms with E-state index in [1.165, 1.54) is 9.80 Å². The van der Waals surface area contributed by atoms with Crippen molar-refractivity contribution in [1.82, 2.24) is 4.90 Å². The maximum absolute atomic E-state index is 13.4. The number of amides is 3. The van der Waals surface area contributed by atoms with Gasteiger partial charge in [-0.1, -0.05) is 31.2 Å². The molecule has 0 aliphatic carbocycles. The SMILES string of the molecule is CCc1cccc(NC(=O)[C@]23CCC(=O)N2c2ccccc2C(=O)N3C)c1. The molecule has 27 heavy (non-hydrogen) atoms. The van der Waals surface area contributed by atoms with Crippen LogP contribution in [0, 0.1) is 0 Å². The molecule has 3 amide bonds. The Morgan fingerprint density at radius 3 is 2.70 bits per heavy atom. The minimum absolute atomic E-state index is 0.153. The van der Waals surface area contributed by atoms with Crippen molar-refractivity contribution in [2.24, 2.45) is 0 Å². The zero-order valence-electron chi connectivity index (χ0n) is 15.4. The molecule has 1 saturated heterocycles. The molecule has 1 fully saturated rings. The number of anilines is 2. The summed E-state index contributed by atoms with van der Waals surface area (Å²) in [7, 11) is 1.59. The van der Waals surface area contributed by atoms with Crippen LogP contribution in [0.25, 0.3) is 0 Å². The summed E-state index contributed by atoms with van der Waals surface area (Å²) in [4.78, 5) is 41.9. The summed E-state index contributed by atoms with van der Waals surface area (Å²) in [6.07, 6.45) is 1.33. The number of carbonyl (C=O) groups is 3. The minimum atomic E-state index is -1.34. The van der Waals surface area contributed by atoms with Crippen LogP contribution in [0.2, 0.25) is 0 Å². The molecule has 4 rings (SSSR count). The van der Waals surface area contributed by atoms with Crippen molar-refractivity contribution in [1.29, 1.82) is 0 Å². The number of hydrogen-bond donors (Lipinski definition) is 1. The first-order valence-corrected chi connectivity index (χ1v) is 9.09. The van der Waals surface area contributed by atoms with Crippen molar-refractivity contribution in [3.63, 3.8) is 0 Å². The van der Waals surface area contributed by atoms with Crippen molar-refractivity contribution in [3.8, 4) is 0 Å². The molecule has 6 heteroatoms. The average molecular weight is 363 g/mol. The van der Waals surface area contributed by atoms with Crippen molar-refractivity contribution < 1.29 is 14.4 Å². The predicted octanol–water partition coefficient (Wildman–Crippen LogP) is 2.80. The van der Waals surface area contributed by atoms with Crippen LogP contribution in [0.15, 0.2) is 48.5 Å². The van der Waals surface area contributed by atoms with Gasteiger partial charge in [0.25, 0.3) is 11.8 Å². The lowest BCUT2D eigenvalue weighted by Gasteiger charge is -2.47. The number of nitrogens with zero attached hydrogens (tertiary/aromatic N) is 2. The van der Waals surface area contributed by atoms with Crippen LogP contribution >= 0.6 is 0 Å². The van der Waals surface area contributed by atoms with Gasteiger partial charge in [-0.05, 0) is 36.2 Å². The first-order valence-electron chi connectivity index (χ1n) is 9.09. The molecule has 2 aromatic rings. The molecule has 0 unspecified atom stereocenters. The van der Waals surface area contributed by atoms with E-state index in [-0.39, 0.29) is 30.6 Å². The van der Waals surface area contributed by atoms with Crippen LogP contribution in [-0.4, -0.2) is 35.3 Å². The normalized spacial score (nSPS) is 21.1. The Balaban J connectivity index is 1.78. The highest BCUT2D eigenvalue weighted by atomic mass is 16.2. The average Bonchev–Trinajstić information content (AvgIpc) is 3.05. The van der Waals surface area contributed by atoms with Gasteiger partial charge in [0, 0.05) is 25.6 Å². The number of benzene rings is 2. The van der Waals surface area contributed by atoms with Gasteiger partial charge in [-0.25, -0.2) is 0 Å². The van der Waals surface area contributed by atoms with E-state index in [0.29, 0.717) is 16.9 Å². The van der Waals surface area contributed by atoms with Gasteiger partial charge in [0.15, 0.2) is 0 Å². The van der Waals surface area contributed by atoms with Gasteiger partial charge >= 0.3 is 0 Å². The molecule has 2 aliphatic heterocycles. The highest BCUT2D eigenvalue weighted by Crippen LogP contribution is 2.44. The maximum atomic E-state index is 13.4. The number of fused-ring (bicyclic) bond motifs is 3. The zero-order valence-corrected chi connectivity index (χ0v) is 15.4. The molecule has 2 aliphatic rings. The fraction of sp³-hybridized carbons (Fsp3) is 0.286. The second kappa shape index (κ2) is 6.23. The number of hydrogen-bond acceptors (Lipinski definition) is 3. The smallest absolute Gasteiger partial charge is 0.271 e. The summed E-state index contributed by atoms with van der Waals surface area (Å²) in [6.45, 7) is 2.04. The molecule has 0 aromatic heterocycles. The second-order valence-corrected chi connectivity index (χ2v) is 6.94. The van der Waals surface area contributed by atoms with E-state index in [9.17, 15) is 14.4 Å². The van der Waals surface area contributed by atoms with Gasteiger partial charge in [-0.3, -0.25) is 19.3 Å². The summed E-state index contributed by atoms with van der Waals surface area (Å²) in [5.74, 6) is -0.778. The summed E-state index contributed by atoms with van der Waals surface area (Å²) >= 11 is 0. The molecule has 1 atom stereocenters. The van der Waals surface area contributed by atoms with Crippen molar-refractivity contribution in [2.45, 2.75) is 31.8 Å². The number of nitrogens with one attached hydrogen (secondary N) is 1. The van der Waals surface area contributed by atoms with E-state index in [4.69, 9.17) is 0 Å². The molecule has 2 aromatic carbocycles. The first-order chi connectivity index (χ1) is 13.0. The number of rotatable bonds is 3. The zero-order chi connectivity index (χ0) is 19.2. The molecule has 0 spiro atoms. The lowest BCUT2D eigenvalue weighted by molar-refractivity contribution is -0.128. The van der Waals surface area contributed by atoms with Crippen molar-refractivity contribution in [2.75, 3.05) is 17.3 Å². The van der Waals surface area contributed by atoms with E-state index in [2.05, 4.69) is 5.32 Å². The van der Waals surface area contributed by atoms with E-state index in [1.54, 1.807) is 31.3 Å². The molecule has 2 heterocycles. The standard InChI is InChI=1S/C21H21N3O3/c1-3-14-7-6-8-15(13-14)22-20(27)21-12-11-18(25)24(21)17-10-5-4-9-16(17)19(26)23(21)2/h4-10,13H,3,11-12H2,1-2H3,(H,22,27)/t21-/m0/s1. The Labute approximate surface area is 157 Å². The molecular weight excluding hydrogens is 342 g/mol. The monoisotopic (exact) mass is 363 g/mol. The Morgan fingerprint density at radius 2 is 1.93 bits per heavy atom. The topological polar surface area (TPSA) is 69.7 Å². The van der Waals surface area contributed by atoms with Crippen LogP contribution in [0.1, 0.15) is 35.7 Å². The lowest BCUT2D eigenvalue weighted by Crippen LogP contribution is -2.68. The van der Waals surface area contributed by atoms with E-state index in [1.807, 2.05) is 31.2 Å². The van der Waals surface area contributed by atoms with E-state index < -0.39 is 5.66 Å². The van der Waals surface area contributed by atoms with E-state index in [0.717, 1.165) is 12.0 Å². The van der Waals surface area contributed by atoms with Crippen LogP contribution in [0.4, 0.5) is 11.4 Å². The lowest BCUT2D eigenvalue weighted by atomic mass is 9.96. The number of likely N-dealkylation sites (N-methyl/N-ethyl adjacent to an activating group) is 1. The van der Waals surface area contributed by atoms with E-state index >= 15 is 0 Å². The number of para-hydroxylation sites is 1. The summed E-state index contributed by atoms with van der Waals surface area (Å²) in [6, 6.07) is 14.5. The highest BCUT2D eigenvalue weighted by molar-refractivity contribution is 6.18. The summed E-state index contributed by atoms with van der Waals surface area (Å²) in [5, 5.41) is 2.92. The third kappa shape index (κ3) is 2.44. The molecule has 0 radical (unpaired) electrons. The Bertz CT molecular complexity index is 955.